The van der Waals surface area contributed by atoms with E-state index >= 15 is 0 Å². The number of aliphatic hydroxyl groups excluding tert-OH is 1. The molecule has 2 fully saturated rings. The first kappa shape index (κ1) is 10.4. The Labute approximate surface area is 86.3 Å². The van der Waals surface area contributed by atoms with E-state index in [4.69, 9.17) is 0 Å². The third kappa shape index (κ3) is 2.94. The maximum atomic E-state index is 9.37. The molecule has 0 aromatic carbocycles. The lowest BCUT2D eigenvalue weighted by molar-refractivity contribution is 0.116. The van der Waals surface area contributed by atoms with Crippen LogP contribution in [0.4, 0.5) is 0 Å². The third-order valence-corrected chi connectivity index (χ3v) is 3.55. The zero-order valence-corrected chi connectivity index (χ0v) is 8.84. The molecule has 2 rings (SSSR count). The molecule has 0 unspecified atom stereocenters. The second-order valence-electron chi connectivity index (χ2n) is 4.77. The maximum Gasteiger partial charge on any atom is 0.0541 e. The predicted octanol–water partition coefficient (Wildman–Crippen LogP) is 0.489. The Morgan fingerprint density at radius 3 is 2.57 bits per heavy atom. The number of nitrogens with one attached hydrogen (secondary N) is 2. The van der Waals surface area contributed by atoms with Gasteiger partial charge in [0.15, 0.2) is 0 Å². The summed E-state index contributed by atoms with van der Waals surface area (Å²) in [6, 6.07) is 0.666. The number of rotatable bonds is 3. The quantitative estimate of drug-likeness (QED) is 0.618. The SMILES string of the molecule is OC1CCC(NC[C@@H]2CCNC2)CC1. The summed E-state index contributed by atoms with van der Waals surface area (Å²) in [5.41, 5.74) is 0. The minimum Gasteiger partial charge on any atom is -0.393 e. The molecule has 82 valence electrons. The van der Waals surface area contributed by atoms with Crippen LogP contribution in [0.1, 0.15) is 32.1 Å². The van der Waals surface area contributed by atoms with Gasteiger partial charge in [-0.25, -0.2) is 0 Å². The van der Waals surface area contributed by atoms with E-state index in [0.717, 1.165) is 38.1 Å². The van der Waals surface area contributed by atoms with Gasteiger partial charge in [0.05, 0.1) is 6.10 Å². The van der Waals surface area contributed by atoms with E-state index < -0.39 is 0 Å². The van der Waals surface area contributed by atoms with Crippen molar-refractivity contribution in [1.29, 1.82) is 0 Å². The van der Waals surface area contributed by atoms with Crippen molar-refractivity contribution >= 4 is 0 Å². The van der Waals surface area contributed by atoms with Crippen LogP contribution in [-0.4, -0.2) is 36.9 Å². The van der Waals surface area contributed by atoms with Gasteiger partial charge in [0, 0.05) is 6.04 Å². The van der Waals surface area contributed by atoms with Gasteiger partial charge in [0.1, 0.15) is 0 Å². The highest BCUT2D eigenvalue weighted by Gasteiger charge is 2.20. The normalized spacial score (nSPS) is 38.8. The molecule has 0 bridgehead atoms. The average molecular weight is 198 g/mol. The lowest BCUT2D eigenvalue weighted by Crippen LogP contribution is -2.37. The Balaban J connectivity index is 1.60. The van der Waals surface area contributed by atoms with Crippen molar-refractivity contribution in [1.82, 2.24) is 10.6 Å². The summed E-state index contributed by atoms with van der Waals surface area (Å²) in [4.78, 5) is 0. The van der Waals surface area contributed by atoms with Crippen LogP contribution in [0.5, 0.6) is 0 Å². The monoisotopic (exact) mass is 198 g/mol. The summed E-state index contributed by atoms with van der Waals surface area (Å²) in [6.45, 7) is 3.53. The van der Waals surface area contributed by atoms with Crippen LogP contribution in [0.3, 0.4) is 0 Å². The van der Waals surface area contributed by atoms with Crippen molar-refractivity contribution in [3.05, 3.63) is 0 Å². The number of hydrogen-bond acceptors (Lipinski definition) is 3. The van der Waals surface area contributed by atoms with Crippen LogP contribution >= 0.6 is 0 Å². The van der Waals surface area contributed by atoms with Crippen molar-refractivity contribution < 1.29 is 5.11 Å². The van der Waals surface area contributed by atoms with E-state index in [1.54, 1.807) is 0 Å². The zero-order chi connectivity index (χ0) is 9.80. The summed E-state index contributed by atoms with van der Waals surface area (Å²) >= 11 is 0. The number of hydrogen-bond donors (Lipinski definition) is 3. The summed E-state index contributed by atoms with van der Waals surface area (Å²) in [6.07, 6.45) is 5.58. The molecule has 3 nitrogen and oxygen atoms in total. The number of aliphatic hydroxyl groups is 1. The fourth-order valence-electron chi connectivity index (χ4n) is 2.50. The Morgan fingerprint density at radius 1 is 1.14 bits per heavy atom. The molecule has 3 N–H and O–H groups in total. The van der Waals surface area contributed by atoms with Crippen molar-refractivity contribution in [2.24, 2.45) is 5.92 Å². The van der Waals surface area contributed by atoms with E-state index in [9.17, 15) is 5.11 Å². The maximum absolute atomic E-state index is 9.37. The van der Waals surface area contributed by atoms with Crippen LogP contribution in [0, 0.1) is 5.92 Å². The zero-order valence-electron chi connectivity index (χ0n) is 8.84. The van der Waals surface area contributed by atoms with Gasteiger partial charge < -0.3 is 15.7 Å². The largest absolute Gasteiger partial charge is 0.393 e. The molecule has 3 heteroatoms. The van der Waals surface area contributed by atoms with Gasteiger partial charge in [-0.15, -0.1) is 0 Å². The summed E-state index contributed by atoms with van der Waals surface area (Å²) in [5.74, 6) is 0.835. The fourth-order valence-corrected chi connectivity index (χ4v) is 2.50. The van der Waals surface area contributed by atoms with Gasteiger partial charge in [-0.2, -0.15) is 0 Å². The van der Waals surface area contributed by atoms with Crippen LogP contribution < -0.4 is 10.6 Å². The fraction of sp³-hybridized carbons (Fsp3) is 1.00. The third-order valence-electron chi connectivity index (χ3n) is 3.55. The minimum atomic E-state index is -0.0267. The molecule has 1 aliphatic carbocycles. The second kappa shape index (κ2) is 5.10. The molecule has 0 spiro atoms. The topological polar surface area (TPSA) is 44.3 Å². The molecule has 1 saturated carbocycles. The van der Waals surface area contributed by atoms with Gasteiger partial charge >= 0.3 is 0 Å². The summed E-state index contributed by atoms with van der Waals surface area (Å²) < 4.78 is 0. The molecule has 1 aliphatic heterocycles. The standard InChI is InChI=1S/C11H22N2O/c14-11-3-1-10(2-4-11)13-8-9-5-6-12-7-9/h9-14H,1-8H2/t9-,10?,11?/m1/s1. The van der Waals surface area contributed by atoms with Crippen LogP contribution in [0.15, 0.2) is 0 Å². The van der Waals surface area contributed by atoms with Crippen molar-refractivity contribution in [2.45, 2.75) is 44.2 Å². The van der Waals surface area contributed by atoms with E-state index in [0.29, 0.717) is 6.04 Å². The van der Waals surface area contributed by atoms with E-state index in [1.807, 2.05) is 0 Å². The average Bonchev–Trinajstić information content (AvgIpc) is 2.70. The van der Waals surface area contributed by atoms with Gasteiger partial charge in [0.25, 0.3) is 0 Å². The Kier molecular flexibility index (Phi) is 3.79. The summed E-state index contributed by atoms with van der Waals surface area (Å²) in [7, 11) is 0. The highest BCUT2D eigenvalue weighted by molar-refractivity contribution is 4.79. The predicted molar refractivity (Wildman–Crippen MR) is 57.2 cm³/mol. The first-order valence-electron chi connectivity index (χ1n) is 5.97. The van der Waals surface area contributed by atoms with Gasteiger partial charge in [-0.3, -0.25) is 0 Å². The first-order chi connectivity index (χ1) is 6.84. The molecule has 1 atom stereocenters. The first-order valence-corrected chi connectivity index (χ1v) is 5.97. The second-order valence-corrected chi connectivity index (χ2v) is 4.77. The molecule has 0 amide bonds. The smallest absolute Gasteiger partial charge is 0.0541 e. The molecule has 1 heterocycles. The molecule has 0 radical (unpaired) electrons. The van der Waals surface area contributed by atoms with Crippen LogP contribution in [0.2, 0.25) is 0 Å². The van der Waals surface area contributed by atoms with E-state index in [-0.39, 0.29) is 6.10 Å². The van der Waals surface area contributed by atoms with E-state index in [1.165, 1.54) is 19.5 Å². The van der Waals surface area contributed by atoms with Crippen LogP contribution in [-0.2, 0) is 0 Å². The Bertz CT molecular complexity index is 161. The summed E-state index contributed by atoms with van der Waals surface area (Å²) in [5, 5.41) is 16.4. The Hall–Kier alpha value is -0.120. The van der Waals surface area contributed by atoms with E-state index in [2.05, 4.69) is 10.6 Å². The molecule has 2 aliphatic rings. The lowest BCUT2D eigenvalue weighted by atomic mass is 9.93. The minimum absolute atomic E-state index is 0.0267. The Morgan fingerprint density at radius 2 is 1.93 bits per heavy atom. The highest BCUT2D eigenvalue weighted by atomic mass is 16.3. The lowest BCUT2D eigenvalue weighted by Gasteiger charge is -2.27. The van der Waals surface area contributed by atoms with Gasteiger partial charge in [-0.05, 0) is 57.7 Å². The molecular weight excluding hydrogens is 176 g/mol. The molecule has 14 heavy (non-hydrogen) atoms. The molecular formula is C11H22N2O. The highest BCUT2D eigenvalue weighted by Crippen LogP contribution is 2.18. The molecule has 0 aromatic heterocycles. The van der Waals surface area contributed by atoms with Gasteiger partial charge in [-0.1, -0.05) is 0 Å². The molecule has 1 saturated heterocycles. The molecule has 0 aromatic rings. The van der Waals surface area contributed by atoms with Crippen LogP contribution in [0.25, 0.3) is 0 Å². The van der Waals surface area contributed by atoms with Crippen molar-refractivity contribution in [3.63, 3.8) is 0 Å². The van der Waals surface area contributed by atoms with Crippen molar-refractivity contribution in [2.75, 3.05) is 19.6 Å². The van der Waals surface area contributed by atoms with Gasteiger partial charge in [0.2, 0.25) is 0 Å². The van der Waals surface area contributed by atoms with Crippen molar-refractivity contribution in [3.8, 4) is 0 Å².